The second-order valence-electron chi connectivity index (χ2n) is 5.08. The summed E-state index contributed by atoms with van der Waals surface area (Å²) < 4.78 is 10.8. The van der Waals surface area contributed by atoms with Gasteiger partial charge in [-0.1, -0.05) is 20.8 Å². The van der Waals surface area contributed by atoms with Gasteiger partial charge < -0.3 is 9.47 Å². The van der Waals surface area contributed by atoms with Crippen LogP contribution < -0.4 is 0 Å². The van der Waals surface area contributed by atoms with Crippen LogP contribution in [0.15, 0.2) is 0 Å². The van der Waals surface area contributed by atoms with Gasteiger partial charge in [0.05, 0.1) is 6.61 Å². The molecule has 1 saturated heterocycles. The molecule has 0 aromatic carbocycles. The third-order valence-corrected chi connectivity index (χ3v) is 2.73. The van der Waals surface area contributed by atoms with Crippen molar-refractivity contribution >= 4 is 5.97 Å². The Hall–Kier alpha value is -0.610. The average Bonchev–Trinajstić information content (AvgIpc) is 2.26. The van der Waals surface area contributed by atoms with E-state index >= 15 is 0 Å². The Balaban J connectivity index is 2.22. The van der Waals surface area contributed by atoms with Crippen molar-refractivity contribution in [3.05, 3.63) is 0 Å². The maximum Gasteiger partial charge on any atom is 0.305 e. The van der Waals surface area contributed by atoms with Gasteiger partial charge in [0.1, 0.15) is 12.7 Å². The monoisotopic (exact) mass is 243 g/mol. The SMILES string of the molecule is CCCC(=O)OCC1CN(CC(C)C)CCO1. The van der Waals surface area contributed by atoms with Gasteiger partial charge >= 0.3 is 5.97 Å². The number of morpholine rings is 1. The maximum absolute atomic E-state index is 11.3. The highest BCUT2D eigenvalue weighted by molar-refractivity contribution is 5.69. The zero-order valence-electron chi connectivity index (χ0n) is 11.3. The van der Waals surface area contributed by atoms with Crippen LogP contribution in [-0.4, -0.2) is 49.8 Å². The molecular formula is C13H25NO3. The minimum atomic E-state index is -0.114. The number of hydrogen-bond acceptors (Lipinski definition) is 4. The lowest BCUT2D eigenvalue weighted by molar-refractivity contribution is -0.150. The van der Waals surface area contributed by atoms with Crippen LogP contribution >= 0.6 is 0 Å². The van der Waals surface area contributed by atoms with Gasteiger partial charge in [0.25, 0.3) is 0 Å². The maximum atomic E-state index is 11.3. The number of carbonyl (C=O) groups excluding carboxylic acids is 1. The lowest BCUT2D eigenvalue weighted by atomic mass is 10.2. The van der Waals surface area contributed by atoms with Crippen molar-refractivity contribution < 1.29 is 14.3 Å². The van der Waals surface area contributed by atoms with Gasteiger partial charge in [0.15, 0.2) is 0 Å². The molecule has 0 aromatic rings. The Morgan fingerprint density at radius 2 is 2.29 bits per heavy atom. The summed E-state index contributed by atoms with van der Waals surface area (Å²) in [7, 11) is 0. The number of esters is 1. The molecule has 0 aromatic heterocycles. The van der Waals surface area contributed by atoms with Gasteiger partial charge in [-0.2, -0.15) is 0 Å². The molecule has 17 heavy (non-hydrogen) atoms. The summed E-state index contributed by atoms with van der Waals surface area (Å²) >= 11 is 0. The fraction of sp³-hybridized carbons (Fsp3) is 0.923. The predicted molar refractivity (Wildman–Crippen MR) is 66.9 cm³/mol. The summed E-state index contributed by atoms with van der Waals surface area (Å²) in [5.41, 5.74) is 0. The third kappa shape index (κ3) is 6.03. The van der Waals surface area contributed by atoms with Crippen molar-refractivity contribution in [3.63, 3.8) is 0 Å². The van der Waals surface area contributed by atoms with E-state index in [0.717, 1.165) is 32.7 Å². The number of nitrogens with zero attached hydrogens (tertiary/aromatic N) is 1. The zero-order valence-corrected chi connectivity index (χ0v) is 11.3. The van der Waals surface area contributed by atoms with E-state index in [-0.39, 0.29) is 12.1 Å². The molecule has 0 spiro atoms. The van der Waals surface area contributed by atoms with E-state index in [2.05, 4.69) is 18.7 Å². The Bertz CT molecular complexity index is 231. The summed E-state index contributed by atoms with van der Waals surface area (Å²) in [6, 6.07) is 0. The largest absolute Gasteiger partial charge is 0.463 e. The quantitative estimate of drug-likeness (QED) is 0.665. The van der Waals surface area contributed by atoms with Crippen LogP contribution in [0.25, 0.3) is 0 Å². The minimum absolute atomic E-state index is 0.0447. The summed E-state index contributed by atoms with van der Waals surface area (Å²) in [5, 5.41) is 0. The second-order valence-corrected chi connectivity index (χ2v) is 5.08. The van der Waals surface area contributed by atoms with Gasteiger partial charge in [-0.3, -0.25) is 9.69 Å². The molecule has 1 atom stereocenters. The van der Waals surface area contributed by atoms with Crippen molar-refractivity contribution in [3.8, 4) is 0 Å². The van der Waals surface area contributed by atoms with Gasteiger partial charge in [-0.25, -0.2) is 0 Å². The Morgan fingerprint density at radius 1 is 1.53 bits per heavy atom. The molecule has 0 amide bonds. The molecule has 100 valence electrons. The van der Waals surface area contributed by atoms with E-state index in [1.54, 1.807) is 0 Å². The van der Waals surface area contributed by atoms with E-state index in [9.17, 15) is 4.79 Å². The second kappa shape index (κ2) is 7.67. The first-order chi connectivity index (χ1) is 8.11. The highest BCUT2D eigenvalue weighted by Crippen LogP contribution is 2.08. The first kappa shape index (κ1) is 14.5. The van der Waals surface area contributed by atoms with E-state index in [1.165, 1.54) is 0 Å². The molecule has 0 N–H and O–H groups in total. The molecule has 1 fully saturated rings. The van der Waals surface area contributed by atoms with Crippen molar-refractivity contribution in [2.75, 3.05) is 32.8 Å². The molecular weight excluding hydrogens is 218 g/mol. The van der Waals surface area contributed by atoms with E-state index in [0.29, 0.717) is 18.9 Å². The van der Waals surface area contributed by atoms with Crippen LogP contribution in [-0.2, 0) is 14.3 Å². The van der Waals surface area contributed by atoms with Crippen LogP contribution in [0.2, 0.25) is 0 Å². The highest BCUT2D eigenvalue weighted by atomic mass is 16.6. The molecule has 1 unspecified atom stereocenters. The smallest absolute Gasteiger partial charge is 0.305 e. The van der Waals surface area contributed by atoms with E-state index < -0.39 is 0 Å². The fourth-order valence-electron chi connectivity index (χ4n) is 2.03. The fourth-order valence-corrected chi connectivity index (χ4v) is 2.03. The summed E-state index contributed by atoms with van der Waals surface area (Å²) in [6.45, 7) is 10.5. The van der Waals surface area contributed by atoms with E-state index in [4.69, 9.17) is 9.47 Å². The first-order valence-corrected chi connectivity index (χ1v) is 6.61. The molecule has 4 nitrogen and oxygen atoms in total. The Kier molecular flexibility index (Phi) is 6.52. The third-order valence-electron chi connectivity index (χ3n) is 2.73. The van der Waals surface area contributed by atoms with E-state index in [1.807, 2.05) is 6.92 Å². The molecule has 0 radical (unpaired) electrons. The number of carbonyl (C=O) groups is 1. The van der Waals surface area contributed by atoms with Crippen LogP contribution in [0, 0.1) is 5.92 Å². The normalized spacial score (nSPS) is 21.8. The Morgan fingerprint density at radius 3 is 2.94 bits per heavy atom. The van der Waals surface area contributed by atoms with Crippen molar-refractivity contribution in [1.29, 1.82) is 0 Å². The molecule has 1 aliphatic heterocycles. The summed E-state index contributed by atoms with van der Waals surface area (Å²) in [6.07, 6.45) is 1.38. The standard InChI is InChI=1S/C13H25NO3/c1-4-5-13(15)17-10-12-9-14(6-7-16-12)8-11(2)3/h11-12H,4-10H2,1-3H3. The molecule has 1 heterocycles. The number of ether oxygens (including phenoxy) is 2. The molecule has 1 aliphatic rings. The highest BCUT2D eigenvalue weighted by Gasteiger charge is 2.21. The van der Waals surface area contributed by atoms with Crippen molar-refractivity contribution in [2.24, 2.45) is 5.92 Å². The van der Waals surface area contributed by atoms with Gasteiger partial charge in [0, 0.05) is 26.1 Å². The zero-order chi connectivity index (χ0) is 12.7. The van der Waals surface area contributed by atoms with Gasteiger partial charge in [-0.05, 0) is 12.3 Å². The minimum Gasteiger partial charge on any atom is -0.463 e. The number of rotatable bonds is 6. The molecule has 4 heteroatoms. The van der Waals surface area contributed by atoms with Crippen LogP contribution in [0.3, 0.4) is 0 Å². The molecule has 0 bridgehead atoms. The van der Waals surface area contributed by atoms with Crippen LogP contribution in [0.5, 0.6) is 0 Å². The summed E-state index contributed by atoms with van der Waals surface area (Å²) in [4.78, 5) is 13.6. The molecule has 0 aliphatic carbocycles. The lowest BCUT2D eigenvalue weighted by Crippen LogP contribution is -2.45. The molecule has 1 rings (SSSR count). The molecule has 0 saturated carbocycles. The average molecular weight is 243 g/mol. The lowest BCUT2D eigenvalue weighted by Gasteiger charge is -2.33. The van der Waals surface area contributed by atoms with Gasteiger partial charge in [-0.15, -0.1) is 0 Å². The van der Waals surface area contributed by atoms with Crippen molar-refractivity contribution in [2.45, 2.75) is 39.7 Å². The topological polar surface area (TPSA) is 38.8 Å². The van der Waals surface area contributed by atoms with Gasteiger partial charge in [0.2, 0.25) is 0 Å². The number of hydrogen-bond donors (Lipinski definition) is 0. The van der Waals surface area contributed by atoms with Crippen LogP contribution in [0.1, 0.15) is 33.6 Å². The summed E-state index contributed by atoms with van der Waals surface area (Å²) in [5.74, 6) is 0.550. The Labute approximate surface area is 104 Å². The predicted octanol–water partition coefficient (Wildman–Crippen LogP) is 1.69. The first-order valence-electron chi connectivity index (χ1n) is 6.61. The van der Waals surface area contributed by atoms with Crippen LogP contribution in [0.4, 0.5) is 0 Å². The van der Waals surface area contributed by atoms with Crippen molar-refractivity contribution in [1.82, 2.24) is 4.90 Å².